The Morgan fingerprint density at radius 1 is 1.00 bits per heavy atom. The summed E-state index contributed by atoms with van der Waals surface area (Å²) in [5.74, 6) is -1.01. The van der Waals surface area contributed by atoms with Crippen molar-refractivity contribution in [2.75, 3.05) is 0 Å². The monoisotopic (exact) mass is 290 g/mol. The highest BCUT2D eigenvalue weighted by Crippen LogP contribution is 2.25. The molecule has 0 amide bonds. The van der Waals surface area contributed by atoms with Crippen LogP contribution in [0.25, 0.3) is 32.8 Å². The summed E-state index contributed by atoms with van der Waals surface area (Å²) in [6, 6.07) is 13.4. The molecule has 3 aromatic carbocycles. The van der Waals surface area contributed by atoms with E-state index in [-0.39, 0.29) is 11.0 Å². The number of benzene rings is 3. The van der Waals surface area contributed by atoms with Crippen molar-refractivity contribution in [3.63, 3.8) is 0 Å². The van der Waals surface area contributed by atoms with Crippen LogP contribution in [0.5, 0.6) is 0 Å². The summed E-state index contributed by atoms with van der Waals surface area (Å²) in [5, 5.41) is 11.0. The molecule has 2 N–H and O–H groups in total. The first kappa shape index (κ1) is 12.5. The van der Waals surface area contributed by atoms with E-state index in [4.69, 9.17) is 0 Å². The molecule has 0 saturated carbocycles. The number of carbonyl (C=O) groups is 1. The first-order valence-electron chi connectivity index (χ1n) is 6.72. The molecule has 4 rings (SSSR count). The number of carboxylic acids is 1. The Morgan fingerprint density at radius 2 is 1.82 bits per heavy atom. The van der Waals surface area contributed by atoms with E-state index in [0.717, 1.165) is 21.8 Å². The van der Waals surface area contributed by atoms with Gasteiger partial charge in [0.2, 0.25) is 0 Å². The lowest BCUT2D eigenvalue weighted by Crippen LogP contribution is -2.01. The second-order valence-electron chi connectivity index (χ2n) is 5.08. The van der Waals surface area contributed by atoms with E-state index < -0.39 is 5.97 Å². The maximum absolute atomic E-state index is 11.5. The van der Waals surface area contributed by atoms with Gasteiger partial charge in [0.15, 0.2) is 5.43 Å². The van der Waals surface area contributed by atoms with Crippen molar-refractivity contribution in [3.05, 3.63) is 64.3 Å². The molecule has 0 atom stereocenters. The number of hydrogen-bond donors (Lipinski definition) is 2. The molecule has 0 aliphatic rings. The van der Waals surface area contributed by atoms with Gasteiger partial charge in [-0.3, -0.25) is 4.79 Å². The van der Waals surface area contributed by atoms with Gasteiger partial charge in [-0.25, -0.2) is 9.78 Å². The van der Waals surface area contributed by atoms with E-state index in [1.54, 1.807) is 24.3 Å². The van der Waals surface area contributed by atoms with E-state index in [9.17, 15) is 14.7 Å². The number of aromatic amines is 1. The fourth-order valence-electron chi connectivity index (χ4n) is 2.72. The molecule has 0 fully saturated rings. The minimum absolute atomic E-state index is 0.0631. The highest BCUT2D eigenvalue weighted by atomic mass is 16.4. The van der Waals surface area contributed by atoms with Gasteiger partial charge in [-0.1, -0.05) is 12.1 Å². The third-order valence-corrected chi connectivity index (χ3v) is 3.73. The molecule has 0 bridgehead atoms. The smallest absolute Gasteiger partial charge is 0.337 e. The first-order valence-corrected chi connectivity index (χ1v) is 6.72. The molecule has 0 aliphatic heterocycles. The van der Waals surface area contributed by atoms with E-state index >= 15 is 0 Å². The number of fused-ring (bicyclic) bond motifs is 4. The second kappa shape index (κ2) is 4.39. The molecule has 5 nitrogen and oxygen atoms in total. The van der Waals surface area contributed by atoms with Crippen molar-refractivity contribution in [3.8, 4) is 0 Å². The van der Waals surface area contributed by atoms with Gasteiger partial charge in [-0.2, -0.15) is 0 Å². The highest BCUT2D eigenvalue weighted by Gasteiger charge is 2.11. The van der Waals surface area contributed by atoms with Gasteiger partial charge in [0.05, 0.1) is 27.6 Å². The number of aromatic nitrogens is 2. The Hall–Kier alpha value is -3.21. The van der Waals surface area contributed by atoms with Crippen LogP contribution in [0.3, 0.4) is 0 Å². The zero-order chi connectivity index (χ0) is 15.3. The van der Waals surface area contributed by atoms with E-state index in [1.807, 2.05) is 12.1 Å². The number of carboxylic acid groups (broad SMARTS) is 1. The summed E-state index contributed by atoms with van der Waals surface area (Å²) in [6.07, 6.45) is 0. The van der Waals surface area contributed by atoms with Crippen LogP contribution in [-0.4, -0.2) is 21.0 Å². The molecule has 4 aromatic rings. The molecular weight excluding hydrogens is 280 g/mol. The zero-order valence-corrected chi connectivity index (χ0v) is 11.3. The predicted molar refractivity (Wildman–Crippen MR) is 84.3 cm³/mol. The van der Waals surface area contributed by atoms with Crippen LogP contribution in [0.15, 0.2) is 53.3 Å². The SMILES string of the molecule is O=C(O)c1cccc2nc3ccc4cc(=O)ccc4c3[nH]c12. The normalized spacial score (nSPS) is 11.3. The van der Waals surface area contributed by atoms with Crippen molar-refractivity contribution in [2.24, 2.45) is 0 Å². The number of H-pyrrole nitrogens is 1. The van der Waals surface area contributed by atoms with Crippen LogP contribution < -0.4 is 5.43 Å². The molecule has 0 radical (unpaired) electrons. The van der Waals surface area contributed by atoms with Crippen LogP contribution in [0.2, 0.25) is 0 Å². The minimum Gasteiger partial charge on any atom is -0.478 e. The van der Waals surface area contributed by atoms with E-state index in [1.165, 1.54) is 12.1 Å². The summed E-state index contributed by atoms with van der Waals surface area (Å²) < 4.78 is 0. The number of rotatable bonds is 1. The lowest BCUT2D eigenvalue weighted by atomic mass is 10.1. The summed E-state index contributed by atoms with van der Waals surface area (Å²) in [5.41, 5.74) is 2.62. The van der Waals surface area contributed by atoms with Gasteiger partial charge >= 0.3 is 5.97 Å². The number of para-hydroxylation sites is 1. The summed E-state index contributed by atoms with van der Waals surface area (Å²) in [4.78, 5) is 30.5. The molecule has 22 heavy (non-hydrogen) atoms. The minimum atomic E-state index is -1.01. The Kier molecular flexibility index (Phi) is 2.50. The van der Waals surface area contributed by atoms with Gasteiger partial charge in [-0.05, 0) is 41.8 Å². The topological polar surface area (TPSA) is 83.0 Å². The third-order valence-electron chi connectivity index (χ3n) is 3.73. The fraction of sp³-hybridized carbons (Fsp3) is 0. The number of aromatic carboxylic acids is 1. The second-order valence-corrected chi connectivity index (χ2v) is 5.08. The van der Waals surface area contributed by atoms with Crippen LogP contribution in [0.4, 0.5) is 0 Å². The average Bonchev–Trinajstić information content (AvgIpc) is 2.51. The molecule has 0 aliphatic carbocycles. The van der Waals surface area contributed by atoms with Crippen molar-refractivity contribution in [1.82, 2.24) is 9.97 Å². The molecule has 1 heterocycles. The third kappa shape index (κ3) is 1.76. The molecule has 5 heteroatoms. The average molecular weight is 290 g/mol. The first-order chi connectivity index (χ1) is 10.6. The molecule has 0 spiro atoms. The van der Waals surface area contributed by atoms with Gasteiger partial charge in [0, 0.05) is 5.39 Å². The van der Waals surface area contributed by atoms with Gasteiger partial charge in [-0.15, -0.1) is 0 Å². The van der Waals surface area contributed by atoms with Crippen LogP contribution in [-0.2, 0) is 0 Å². The van der Waals surface area contributed by atoms with Crippen LogP contribution in [0, 0.1) is 0 Å². The summed E-state index contributed by atoms with van der Waals surface area (Å²) in [7, 11) is 0. The summed E-state index contributed by atoms with van der Waals surface area (Å²) >= 11 is 0. The number of nitrogens with one attached hydrogen (secondary N) is 1. The van der Waals surface area contributed by atoms with Crippen molar-refractivity contribution >= 4 is 38.8 Å². The molecule has 106 valence electrons. The predicted octanol–water partition coefficient (Wildman–Crippen LogP) is 2.93. The molecule has 0 saturated heterocycles. The van der Waals surface area contributed by atoms with E-state index in [0.29, 0.717) is 11.0 Å². The zero-order valence-electron chi connectivity index (χ0n) is 11.3. The van der Waals surface area contributed by atoms with Gasteiger partial charge in [0.25, 0.3) is 0 Å². The van der Waals surface area contributed by atoms with Crippen LogP contribution >= 0.6 is 0 Å². The maximum atomic E-state index is 11.5. The number of hydrogen-bond acceptors (Lipinski definition) is 3. The highest BCUT2D eigenvalue weighted by molar-refractivity contribution is 6.08. The lowest BCUT2D eigenvalue weighted by molar-refractivity contribution is 0.0699. The van der Waals surface area contributed by atoms with E-state index in [2.05, 4.69) is 9.97 Å². The lowest BCUT2D eigenvalue weighted by Gasteiger charge is -2.07. The Morgan fingerprint density at radius 3 is 2.64 bits per heavy atom. The van der Waals surface area contributed by atoms with Crippen LogP contribution in [0.1, 0.15) is 10.4 Å². The van der Waals surface area contributed by atoms with Crippen molar-refractivity contribution in [2.45, 2.75) is 0 Å². The largest absolute Gasteiger partial charge is 0.478 e. The fourth-order valence-corrected chi connectivity index (χ4v) is 2.72. The molecule has 1 aromatic heterocycles. The van der Waals surface area contributed by atoms with Crippen molar-refractivity contribution < 1.29 is 9.90 Å². The Balaban J connectivity index is 2.22. The molecule has 0 unspecified atom stereocenters. The molecular formula is C17H10N2O3. The Labute approximate surface area is 123 Å². The Bertz CT molecular complexity index is 1130. The van der Waals surface area contributed by atoms with Crippen molar-refractivity contribution in [1.29, 1.82) is 0 Å². The maximum Gasteiger partial charge on any atom is 0.337 e. The van der Waals surface area contributed by atoms with Gasteiger partial charge < -0.3 is 10.1 Å². The number of nitrogens with zero attached hydrogens (tertiary/aromatic N) is 1. The van der Waals surface area contributed by atoms with Gasteiger partial charge in [0.1, 0.15) is 0 Å². The summed E-state index contributed by atoms with van der Waals surface area (Å²) in [6.45, 7) is 0. The quantitative estimate of drug-likeness (QED) is 0.417. The standard InChI is InChI=1S/C17H10N2O3/c20-10-5-6-11-9(8-10)4-7-14-15(11)19-16-12(17(21)22)2-1-3-13(16)18-14/h1-8,19H,(H,21,22).